The summed E-state index contributed by atoms with van der Waals surface area (Å²) < 4.78 is 39.4. The van der Waals surface area contributed by atoms with E-state index in [4.69, 9.17) is 4.74 Å². The Morgan fingerprint density at radius 3 is 2.27 bits per heavy atom. The molecule has 11 nitrogen and oxygen atoms in total. The molecule has 1 aromatic heterocycles. The van der Waals surface area contributed by atoms with Crippen LogP contribution in [0.5, 0.6) is 11.5 Å². The van der Waals surface area contributed by atoms with E-state index in [1.807, 2.05) is 46.0 Å². The zero-order valence-electron chi connectivity index (χ0n) is 25.3. The van der Waals surface area contributed by atoms with E-state index in [1.54, 1.807) is 67.7 Å². The molecule has 0 fully saturated rings. The number of nitrogens with zero attached hydrogens (tertiary/aromatic N) is 3. The molecular formula is C32H33N5O6S. The number of hydrogen-bond donors (Lipinski definition) is 2. The fourth-order valence-corrected chi connectivity index (χ4v) is 5.99. The van der Waals surface area contributed by atoms with Gasteiger partial charge in [-0.3, -0.25) is 15.5 Å². The summed E-state index contributed by atoms with van der Waals surface area (Å²) in [5, 5.41) is 15.8. The van der Waals surface area contributed by atoms with Crippen LogP contribution in [0.25, 0.3) is 10.9 Å². The van der Waals surface area contributed by atoms with Crippen molar-refractivity contribution in [3.63, 3.8) is 0 Å². The summed E-state index contributed by atoms with van der Waals surface area (Å²) in [5.74, 6) is 0.159. The number of aryl methyl sites for hydroxylation is 3. The summed E-state index contributed by atoms with van der Waals surface area (Å²) in [6, 6.07) is 17.2. The van der Waals surface area contributed by atoms with Crippen LogP contribution >= 0.6 is 0 Å². The molecule has 44 heavy (non-hydrogen) atoms. The molecule has 0 aliphatic rings. The number of alkyl carbamates (subject to hydrolysis) is 1. The van der Waals surface area contributed by atoms with Crippen LogP contribution in [-0.4, -0.2) is 36.7 Å². The van der Waals surface area contributed by atoms with Crippen molar-refractivity contribution >= 4 is 44.3 Å². The number of anilines is 1. The van der Waals surface area contributed by atoms with Gasteiger partial charge in [0.2, 0.25) is 5.71 Å². The molecule has 0 atom stereocenters. The Balaban J connectivity index is 1.62. The molecule has 0 aliphatic heterocycles. The van der Waals surface area contributed by atoms with E-state index in [2.05, 4.69) is 15.3 Å². The molecule has 4 aromatic rings. The summed E-state index contributed by atoms with van der Waals surface area (Å²) in [6.45, 7) is 11.2. The number of hydrazone groups is 1. The van der Waals surface area contributed by atoms with Crippen molar-refractivity contribution in [2.24, 2.45) is 5.10 Å². The van der Waals surface area contributed by atoms with Gasteiger partial charge in [0, 0.05) is 11.6 Å². The van der Waals surface area contributed by atoms with Crippen LogP contribution in [0.1, 0.15) is 48.9 Å². The number of hydrogen-bond acceptors (Lipinski definition) is 9. The topological polar surface area (TPSA) is 152 Å². The maximum atomic E-state index is 13.6. The van der Waals surface area contributed by atoms with Gasteiger partial charge in [-0.1, -0.05) is 31.5 Å². The second-order valence-corrected chi connectivity index (χ2v) is 12.2. The molecule has 0 unspecified atom stereocenters. The largest absolute Gasteiger partial charge is 0.457 e. The van der Waals surface area contributed by atoms with E-state index in [-0.39, 0.29) is 17.4 Å². The molecule has 0 bridgehead atoms. The number of carbonyl (C=O) groups excluding carboxylic acids is 2. The van der Waals surface area contributed by atoms with Crippen LogP contribution in [0.4, 0.5) is 10.5 Å². The lowest BCUT2D eigenvalue weighted by Gasteiger charge is -2.14. The minimum Gasteiger partial charge on any atom is -0.457 e. The average Bonchev–Trinajstić information content (AvgIpc) is 3.36. The van der Waals surface area contributed by atoms with Crippen molar-refractivity contribution in [1.29, 1.82) is 5.26 Å². The van der Waals surface area contributed by atoms with Crippen molar-refractivity contribution in [2.45, 2.75) is 52.4 Å². The van der Waals surface area contributed by atoms with Gasteiger partial charge in [0.1, 0.15) is 17.6 Å². The zero-order chi connectivity index (χ0) is 32.2. The molecule has 0 aliphatic carbocycles. The fourth-order valence-electron chi connectivity index (χ4n) is 4.61. The second-order valence-electron chi connectivity index (χ2n) is 10.4. The van der Waals surface area contributed by atoms with Gasteiger partial charge in [0.15, 0.2) is 0 Å². The predicted octanol–water partition coefficient (Wildman–Crippen LogP) is 6.28. The zero-order valence-corrected chi connectivity index (χ0v) is 26.1. The molecule has 0 radical (unpaired) electrons. The Labute approximate surface area is 256 Å². The molecule has 0 saturated heterocycles. The maximum absolute atomic E-state index is 13.6. The molecule has 0 spiro atoms. The van der Waals surface area contributed by atoms with E-state index in [0.717, 1.165) is 27.6 Å². The Bertz CT molecular complexity index is 1900. The third-order valence-corrected chi connectivity index (χ3v) is 8.45. The summed E-state index contributed by atoms with van der Waals surface area (Å²) in [6.07, 6.45) is 0.700. The third kappa shape index (κ3) is 6.74. The van der Waals surface area contributed by atoms with E-state index in [0.29, 0.717) is 22.7 Å². The van der Waals surface area contributed by atoms with Gasteiger partial charge < -0.3 is 9.47 Å². The number of fused-ring (bicyclic) bond motifs is 1. The Hall–Kier alpha value is -5.15. The molecule has 228 valence electrons. The molecular weight excluding hydrogens is 582 g/mol. The monoisotopic (exact) mass is 615 g/mol. The second kappa shape index (κ2) is 13.0. The van der Waals surface area contributed by atoms with Gasteiger partial charge >= 0.3 is 6.09 Å². The van der Waals surface area contributed by atoms with Gasteiger partial charge in [-0.05, 0) is 92.8 Å². The summed E-state index contributed by atoms with van der Waals surface area (Å²) >= 11 is 0. The lowest BCUT2D eigenvalue weighted by atomic mass is 10.0. The first-order chi connectivity index (χ1) is 20.8. The van der Waals surface area contributed by atoms with Crippen LogP contribution in [-0.2, 0) is 19.6 Å². The number of nitrogens with one attached hydrogen (secondary N) is 2. The van der Waals surface area contributed by atoms with Crippen LogP contribution < -0.4 is 15.5 Å². The van der Waals surface area contributed by atoms with Crippen LogP contribution in [0.3, 0.4) is 0 Å². The summed E-state index contributed by atoms with van der Waals surface area (Å²) in [5.41, 5.74) is 6.46. The first-order valence-corrected chi connectivity index (χ1v) is 15.3. The van der Waals surface area contributed by atoms with Gasteiger partial charge in [-0.15, -0.1) is 0 Å². The Kier molecular flexibility index (Phi) is 9.40. The number of nitriles is 1. The van der Waals surface area contributed by atoms with E-state index in [9.17, 15) is 23.3 Å². The SMILES string of the molecule is CCOC(=O)NC(=O)/C(C#N)=N\Nc1cc(C)c(Oc2ccc3c(c2)c(C(C)C)cn3S(=O)(=O)c2ccc(C)cc2)c(C)c1. The number of imide groups is 1. The number of carbonyl (C=O) groups is 2. The van der Waals surface area contributed by atoms with Crippen molar-refractivity contribution in [3.8, 4) is 17.6 Å². The van der Waals surface area contributed by atoms with E-state index in [1.165, 1.54) is 3.97 Å². The molecule has 2 N–H and O–H groups in total. The van der Waals surface area contributed by atoms with Crippen LogP contribution in [0.15, 0.2) is 70.8 Å². The highest BCUT2D eigenvalue weighted by Gasteiger charge is 2.23. The number of aromatic nitrogens is 1. The van der Waals surface area contributed by atoms with Crippen molar-refractivity contribution in [2.75, 3.05) is 12.0 Å². The first-order valence-electron chi connectivity index (χ1n) is 13.8. The summed E-state index contributed by atoms with van der Waals surface area (Å²) in [7, 11) is -3.82. The van der Waals surface area contributed by atoms with Gasteiger partial charge in [-0.25, -0.2) is 17.2 Å². The maximum Gasteiger partial charge on any atom is 0.414 e. The van der Waals surface area contributed by atoms with Crippen LogP contribution in [0, 0.1) is 32.1 Å². The molecule has 2 amide bonds. The highest BCUT2D eigenvalue weighted by atomic mass is 32.2. The smallest absolute Gasteiger partial charge is 0.414 e. The van der Waals surface area contributed by atoms with Crippen molar-refractivity contribution in [3.05, 3.63) is 83.0 Å². The molecule has 0 saturated carbocycles. The molecule has 4 rings (SSSR count). The van der Waals surface area contributed by atoms with Crippen molar-refractivity contribution in [1.82, 2.24) is 9.29 Å². The predicted molar refractivity (Wildman–Crippen MR) is 168 cm³/mol. The van der Waals surface area contributed by atoms with Crippen LogP contribution in [0.2, 0.25) is 0 Å². The number of amides is 2. The third-order valence-electron chi connectivity index (χ3n) is 6.76. The van der Waals surface area contributed by atoms with E-state index < -0.39 is 27.7 Å². The quantitative estimate of drug-likeness (QED) is 0.165. The minimum absolute atomic E-state index is 0.0503. The number of rotatable bonds is 9. The molecule has 1 heterocycles. The minimum atomic E-state index is -3.82. The lowest BCUT2D eigenvalue weighted by Crippen LogP contribution is -2.36. The average molecular weight is 616 g/mol. The van der Waals surface area contributed by atoms with Gasteiger partial charge in [0.05, 0.1) is 22.7 Å². The standard InChI is InChI=1S/C32H33N5O6S/c1-7-42-32(39)34-31(38)28(17-33)36-35-23-14-21(5)30(22(6)15-23)43-24-10-13-29-26(16-24)27(19(2)3)18-37(29)44(40,41)25-11-8-20(4)9-12-25/h8-16,18-19,35H,7H2,1-6H3,(H,34,38,39)/b36-28-. The van der Waals surface area contributed by atoms with Crippen molar-refractivity contribution < 1.29 is 27.5 Å². The fraction of sp³-hybridized carbons (Fsp3) is 0.250. The number of benzene rings is 3. The Morgan fingerprint density at radius 2 is 1.68 bits per heavy atom. The Morgan fingerprint density at radius 1 is 1.02 bits per heavy atom. The highest BCUT2D eigenvalue weighted by Crippen LogP contribution is 2.36. The summed E-state index contributed by atoms with van der Waals surface area (Å²) in [4.78, 5) is 23.8. The first kappa shape index (κ1) is 31.8. The lowest BCUT2D eigenvalue weighted by molar-refractivity contribution is -0.114. The van der Waals surface area contributed by atoms with Gasteiger partial charge in [-0.2, -0.15) is 10.4 Å². The normalized spacial score (nSPS) is 11.7. The van der Waals surface area contributed by atoms with E-state index >= 15 is 0 Å². The number of ether oxygens (including phenoxy) is 2. The molecule has 12 heteroatoms. The highest BCUT2D eigenvalue weighted by molar-refractivity contribution is 7.90. The molecule has 3 aromatic carbocycles. The van der Waals surface area contributed by atoms with Gasteiger partial charge in [0.25, 0.3) is 15.9 Å².